The van der Waals surface area contributed by atoms with Gasteiger partial charge >= 0.3 is 0 Å². The highest BCUT2D eigenvalue weighted by molar-refractivity contribution is 5.94. The van der Waals surface area contributed by atoms with Gasteiger partial charge in [0.1, 0.15) is 0 Å². The molecule has 2 N–H and O–H groups in total. The Kier molecular flexibility index (Phi) is 6.82. The summed E-state index contributed by atoms with van der Waals surface area (Å²) >= 11 is 0. The first kappa shape index (κ1) is 17.1. The van der Waals surface area contributed by atoms with E-state index in [4.69, 9.17) is 10.00 Å². The summed E-state index contributed by atoms with van der Waals surface area (Å²) in [5, 5.41) is 21.2. The van der Waals surface area contributed by atoms with Gasteiger partial charge in [-0.2, -0.15) is 5.26 Å². The Bertz CT molecular complexity index is 496. The molecule has 1 rings (SSSR count). The van der Waals surface area contributed by atoms with Crippen LogP contribution in [0.2, 0.25) is 0 Å². The minimum absolute atomic E-state index is 0.174. The molecule has 6 nitrogen and oxygen atoms in total. The molecule has 0 aliphatic carbocycles. The highest BCUT2D eigenvalue weighted by atomic mass is 16.5. The second-order valence-electron chi connectivity index (χ2n) is 4.90. The SMILES string of the molecule is COCC(O)CN(C)C(C)C(=O)Nc1ccc(C#N)cc1. The Morgan fingerprint density at radius 3 is 2.62 bits per heavy atom. The largest absolute Gasteiger partial charge is 0.389 e. The van der Waals surface area contributed by atoms with Crippen LogP contribution in [0.25, 0.3) is 0 Å². The van der Waals surface area contributed by atoms with E-state index in [9.17, 15) is 9.90 Å². The molecule has 0 radical (unpaired) electrons. The number of hydrogen-bond donors (Lipinski definition) is 2. The van der Waals surface area contributed by atoms with Crippen LogP contribution < -0.4 is 5.32 Å². The summed E-state index contributed by atoms with van der Waals surface area (Å²) in [6, 6.07) is 8.28. The minimum atomic E-state index is -0.634. The van der Waals surface area contributed by atoms with Crippen molar-refractivity contribution in [1.82, 2.24) is 4.90 Å². The molecule has 1 aromatic rings. The van der Waals surface area contributed by atoms with E-state index in [1.54, 1.807) is 43.1 Å². The number of aliphatic hydroxyl groups excluding tert-OH is 1. The summed E-state index contributed by atoms with van der Waals surface area (Å²) in [7, 11) is 3.28. The number of nitrogens with one attached hydrogen (secondary N) is 1. The monoisotopic (exact) mass is 291 g/mol. The quantitative estimate of drug-likeness (QED) is 0.777. The van der Waals surface area contributed by atoms with Crippen molar-refractivity contribution in [2.75, 3.05) is 32.6 Å². The van der Waals surface area contributed by atoms with E-state index in [-0.39, 0.29) is 12.5 Å². The number of rotatable bonds is 7. The Labute approximate surface area is 124 Å². The minimum Gasteiger partial charge on any atom is -0.389 e. The first-order valence-corrected chi connectivity index (χ1v) is 6.66. The summed E-state index contributed by atoms with van der Waals surface area (Å²) in [5.74, 6) is -0.174. The predicted molar refractivity (Wildman–Crippen MR) is 79.8 cm³/mol. The van der Waals surface area contributed by atoms with Gasteiger partial charge in [-0.3, -0.25) is 9.69 Å². The molecule has 0 fully saturated rings. The summed E-state index contributed by atoms with van der Waals surface area (Å²) in [6.45, 7) is 2.34. The lowest BCUT2D eigenvalue weighted by atomic mass is 10.2. The fraction of sp³-hybridized carbons (Fsp3) is 0.467. The van der Waals surface area contributed by atoms with Crippen LogP contribution in [0.15, 0.2) is 24.3 Å². The number of benzene rings is 1. The average molecular weight is 291 g/mol. The molecule has 0 bridgehead atoms. The molecule has 114 valence electrons. The lowest BCUT2D eigenvalue weighted by molar-refractivity contribution is -0.120. The van der Waals surface area contributed by atoms with Gasteiger partial charge in [0.05, 0.1) is 30.4 Å². The molecule has 0 heterocycles. The Balaban J connectivity index is 2.55. The van der Waals surface area contributed by atoms with Gasteiger partial charge in [0.2, 0.25) is 5.91 Å². The van der Waals surface area contributed by atoms with E-state index in [2.05, 4.69) is 5.32 Å². The van der Waals surface area contributed by atoms with E-state index in [1.807, 2.05) is 6.07 Å². The Morgan fingerprint density at radius 2 is 2.10 bits per heavy atom. The summed E-state index contributed by atoms with van der Waals surface area (Å²) in [6.07, 6.45) is -0.634. The van der Waals surface area contributed by atoms with Crippen LogP contribution in [0.1, 0.15) is 12.5 Å². The Hall–Kier alpha value is -1.94. The van der Waals surface area contributed by atoms with Crippen molar-refractivity contribution >= 4 is 11.6 Å². The van der Waals surface area contributed by atoms with Crippen molar-refractivity contribution in [2.24, 2.45) is 0 Å². The molecule has 2 atom stereocenters. The van der Waals surface area contributed by atoms with Gasteiger partial charge in [0, 0.05) is 19.3 Å². The molecule has 0 saturated heterocycles. The summed E-state index contributed by atoms with van der Waals surface area (Å²) in [4.78, 5) is 13.9. The number of ether oxygens (including phenoxy) is 1. The highest BCUT2D eigenvalue weighted by Gasteiger charge is 2.20. The van der Waals surface area contributed by atoms with Gasteiger partial charge in [-0.1, -0.05) is 0 Å². The van der Waals surface area contributed by atoms with Crippen LogP contribution in [-0.2, 0) is 9.53 Å². The molecule has 6 heteroatoms. The van der Waals surface area contributed by atoms with Crippen molar-refractivity contribution < 1.29 is 14.6 Å². The second-order valence-corrected chi connectivity index (χ2v) is 4.90. The number of nitrogens with zero attached hydrogens (tertiary/aromatic N) is 2. The summed E-state index contributed by atoms with van der Waals surface area (Å²) < 4.78 is 4.86. The average Bonchev–Trinajstić information content (AvgIpc) is 2.47. The zero-order valence-electron chi connectivity index (χ0n) is 12.5. The molecule has 0 aliphatic heterocycles. The highest BCUT2D eigenvalue weighted by Crippen LogP contribution is 2.10. The van der Waals surface area contributed by atoms with E-state index in [1.165, 1.54) is 7.11 Å². The third-order valence-electron chi connectivity index (χ3n) is 3.18. The van der Waals surface area contributed by atoms with Crippen LogP contribution in [0, 0.1) is 11.3 Å². The normalized spacial score (nSPS) is 13.5. The van der Waals surface area contributed by atoms with E-state index in [0.717, 1.165) is 0 Å². The number of amides is 1. The fourth-order valence-corrected chi connectivity index (χ4v) is 1.81. The third kappa shape index (κ3) is 5.52. The first-order valence-electron chi connectivity index (χ1n) is 6.66. The van der Waals surface area contributed by atoms with Gasteiger partial charge in [0.25, 0.3) is 0 Å². The topological polar surface area (TPSA) is 85.6 Å². The Morgan fingerprint density at radius 1 is 1.48 bits per heavy atom. The molecule has 21 heavy (non-hydrogen) atoms. The molecule has 2 unspecified atom stereocenters. The maximum Gasteiger partial charge on any atom is 0.241 e. The number of nitriles is 1. The van der Waals surface area contributed by atoms with Crippen molar-refractivity contribution in [3.8, 4) is 6.07 Å². The van der Waals surface area contributed by atoms with Crippen LogP contribution in [0.4, 0.5) is 5.69 Å². The van der Waals surface area contributed by atoms with Crippen LogP contribution in [-0.4, -0.2) is 55.4 Å². The van der Waals surface area contributed by atoms with Gasteiger partial charge in [0.15, 0.2) is 0 Å². The van der Waals surface area contributed by atoms with Crippen molar-refractivity contribution in [3.05, 3.63) is 29.8 Å². The lowest BCUT2D eigenvalue weighted by Gasteiger charge is -2.25. The van der Waals surface area contributed by atoms with Crippen molar-refractivity contribution in [3.63, 3.8) is 0 Å². The fourth-order valence-electron chi connectivity index (χ4n) is 1.81. The van der Waals surface area contributed by atoms with Crippen molar-refractivity contribution in [1.29, 1.82) is 5.26 Å². The van der Waals surface area contributed by atoms with Gasteiger partial charge in [-0.15, -0.1) is 0 Å². The third-order valence-corrected chi connectivity index (χ3v) is 3.18. The van der Waals surface area contributed by atoms with E-state index in [0.29, 0.717) is 17.8 Å². The van der Waals surface area contributed by atoms with Gasteiger partial charge in [-0.25, -0.2) is 0 Å². The lowest BCUT2D eigenvalue weighted by Crippen LogP contribution is -2.44. The molecule has 0 aromatic heterocycles. The molecule has 1 amide bonds. The molecule has 0 aliphatic rings. The molecule has 0 saturated carbocycles. The van der Waals surface area contributed by atoms with Crippen LogP contribution in [0.5, 0.6) is 0 Å². The number of carbonyl (C=O) groups excluding carboxylic acids is 1. The molecular formula is C15H21N3O3. The zero-order chi connectivity index (χ0) is 15.8. The summed E-state index contributed by atoms with van der Waals surface area (Å²) in [5.41, 5.74) is 1.18. The van der Waals surface area contributed by atoms with Gasteiger partial charge < -0.3 is 15.2 Å². The first-order chi connectivity index (χ1) is 9.97. The number of methoxy groups -OCH3 is 1. The van der Waals surface area contributed by atoms with E-state index < -0.39 is 12.1 Å². The van der Waals surface area contributed by atoms with Gasteiger partial charge in [-0.05, 0) is 38.2 Å². The molecule has 0 spiro atoms. The standard InChI is InChI=1S/C15H21N3O3/c1-11(18(2)9-14(19)10-21-3)15(20)17-13-6-4-12(8-16)5-7-13/h4-7,11,14,19H,9-10H2,1-3H3,(H,17,20). The van der Waals surface area contributed by atoms with E-state index >= 15 is 0 Å². The number of carbonyl (C=O) groups is 1. The number of likely N-dealkylation sites (N-methyl/N-ethyl adjacent to an activating group) is 1. The predicted octanol–water partition coefficient (Wildman–Crippen LogP) is 0.824. The van der Waals surface area contributed by atoms with Crippen LogP contribution >= 0.6 is 0 Å². The number of hydrogen-bond acceptors (Lipinski definition) is 5. The number of anilines is 1. The second kappa shape index (κ2) is 8.37. The maximum atomic E-state index is 12.1. The van der Waals surface area contributed by atoms with Crippen molar-refractivity contribution in [2.45, 2.75) is 19.1 Å². The number of aliphatic hydroxyl groups is 1. The maximum absolute atomic E-state index is 12.1. The smallest absolute Gasteiger partial charge is 0.241 e. The molecule has 1 aromatic carbocycles. The molecular weight excluding hydrogens is 270 g/mol. The zero-order valence-corrected chi connectivity index (χ0v) is 12.5. The van der Waals surface area contributed by atoms with Crippen LogP contribution in [0.3, 0.4) is 0 Å².